The molecule has 0 radical (unpaired) electrons. The zero-order chi connectivity index (χ0) is 17.0. The highest BCUT2D eigenvalue weighted by molar-refractivity contribution is 5.89. The van der Waals surface area contributed by atoms with Crippen LogP contribution in [0.2, 0.25) is 0 Å². The molecule has 0 spiro atoms. The van der Waals surface area contributed by atoms with E-state index in [-0.39, 0.29) is 30.1 Å². The van der Waals surface area contributed by atoms with Crippen LogP contribution in [0.3, 0.4) is 0 Å². The predicted octanol–water partition coefficient (Wildman–Crippen LogP) is 1.45. The highest BCUT2D eigenvalue weighted by Gasteiger charge is 2.35. The third kappa shape index (κ3) is 4.76. The van der Waals surface area contributed by atoms with E-state index >= 15 is 0 Å². The maximum Gasteiger partial charge on any atom is 0.248 e. The van der Waals surface area contributed by atoms with Crippen LogP contribution in [-0.2, 0) is 16.1 Å². The predicted molar refractivity (Wildman–Crippen MR) is 83.8 cm³/mol. The standard InChI is InChI=1S/C17H23FN2O3/c1-3-20(10-12-5-4-6-14(18)9-12)17(23)15(11(2)21)19-16(22)13-7-8-13/h4-6,9,11,13,15,21H,3,7-8,10H2,1-2H3,(H,19,22). The van der Waals surface area contributed by atoms with E-state index in [0.717, 1.165) is 12.8 Å². The van der Waals surface area contributed by atoms with Crippen molar-refractivity contribution >= 4 is 11.8 Å². The Kier molecular flexibility index (Phi) is 5.71. The van der Waals surface area contributed by atoms with E-state index in [4.69, 9.17) is 0 Å². The molecular formula is C17H23FN2O3. The molecule has 0 saturated heterocycles. The highest BCUT2D eigenvalue weighted by Crippen LogP contribution is 2.29. The maximum absolute atomic E-state index is 13.3. The van der Waals surface area contributed by atoms with E-state index in [0.29, 0.717) is 12.1 Å². The number of rotatable bonds is 7. The van der Waals surface area contributed by atoms with Crippen molar-refractivity contribution < 1.29 is 19.1 Å². The smallest absolute Gasteiger partial charge is 0.248 e. The number of aliphatic hydroxyl groups is 1. The number of benzene rings is 1. The summed E-state index contributed by atoms with van der Waals surface area (Å²) in [5.74, 6) is -0.950. The van der Waals surface area contributed by atoms with Gasteiger partial charge >= 0.3 is 0 Å². The third-order valence-corrected chi connectivity index (χ3v) is 3.95. The van der Waals surface area contributed by atoms with Gasteiger partial charge < -0.3 is 15.3 Å². The lowest BCUT2D eigenvalue weighted by Gasteiger charge is -2.28. The topological polar surface area (TPSA) is 69.6 Å². The molecule has 6 heteroatoms. The number of hydrogen-bond acceptors (Lipinski definition) is 3. The van der Waals surface area contributed by atoms with E-state index in [2.05, 4.69) is 5.32 Å². The Balaban J connectivity index is 2.06. The van der Waals surface area contributed by atoms with E-state index in [1.54, 1.807) is 19.1 Å². The summed E-state index contributed by atoms with van der Waals surface area (Å²) in [6.45, 7) is 3.91. The van der Waals surface area contributed by atoms with Crippen molar-refractivity contribution in [1.29, 1.82) is 0 Å². The first-order valence-electron chi connectivity index (χ1n) is 7.94. The van der Waals surface area contributed by atoms with E-state index < -0.39 is 12.1 Å². The Labute approximate surface area is 135 Å². The van der Waals surface area contributed by atoms with Crippen molar-refractivity contribution in [2.45, 2.75) is 45.4 Å². The molecule has 126 valence electrons. The van der Waals surface area contributed by atoms with Crippen LogP contribution in [0.4, 0.5) is 4.39 Å². The summed E-state index contributed by atoms with van der Waals surface area (Å²) < 4.78 is 13.3. The number of nitrogens with zero attached hydrogens (tertiary/aromatic N) is 1. The van der Waals surface area contributed by atoms with Crippen LogP contribution in [-0.4, -0.2) is 40.5 Å². The summed E-state index contributed by atoms with van der Waals surface area (Å²) in [5.41, 5.74) is 0.665. The average molecular weight is 322 g/mol. The second kappa shape index (κ2) is 7.55. The fourth-order valence-electron chi connectivity index (χ4n) is 2.40. The number of carbonyl (C=O) groups is 2. The maximum atomic E-state index is 13.3. The number of likely N-dealkylation sites (N-methyl/N-ethyl adjacent to an activating group) is 1. The summed E-state index contributed by atoms with van der Waals surface area (Å²) in [4.78, 5) is 26.0. The van der Waals surface area contributed by atoms with Gasteiger partial charge in [0, 0.05) is 19.0 Å². The van der Waals surface area contributed by atoms with Crippen molar-refractivity contribution in [3.8, 4) is 0 Å². The summed E-state index contributed by atoms with van der Waals surface area (Å²) in [6.07, 6.45) is 0.660. The fourth-order valence-corrected chi connectivity index (χ4v) is 2.40. The van der Waals surface area contributed by atoms with Crippen LogP contribution in [0, 0.1) is 11.7 Å². The van der Waals surface area contributed by atoms with Crippen LogP contribution < -0.4 is 5.32 Å². The number of carbonyl (C=O) groups excluding carboxylic acids is 2. The number of halogens is 1. The fraction of sp³-hybridized carbons (Fsp3) is 0.529. The summed E-state index contributed by atoms with van der Waals surface area (Å²) >= 11 is 0. The van der Waals surface area contributed by atoms with Crippen LogP contribution in [0.5, 0.6) is 0 Å². The third-order valence-electron chi connectivity index (χ3n) is 3.95. The number of amides is 2. The monoisotopic (exact) mass is 322 g/mol. The van der Waals surface area contributed by atoms with Crippen molar-refractivity contribution in [1.82, 2.24) is 10.2 Å². The molecule has 2 atom stereocenters. The van der Waals surface area contributed by atoms with Gasteiger partial charge in [-0.1, -0.05) is 12.1 Å². The first-order chi connectivity index (χ1) is 10.9. The van der Waals surface area contributed by atoms with Gasteiger partial charge in [0.25, 0.3) is 0 Å². The van der Waals surface area contributed by atoms with Crippen molar-refractivity contribution in [2.24, 2.45) is 5.92 Å². The first-order valence-corrected chi connectivity index (χ1v) is 7.94. The quantitative estimate of drug-likeness (QED) is 0.798. The lowest BCUT2D eigenvalue weighted by Crippen LogP contribution is -2.53. The summed E-state index contributed by atoms with van der Waals surface area (Å²) in [7, 11) is 0. The molecule has 2 N–H and O–H groups in total. The zero-order valence-electron chi connectivity index (χ0n) is 13.5. The molecule has 1 saturated carbocycles. The van der Waals surface area contributed by atoms with Crippen molar-refractivity contribution in [3.63, 3.8) is 0 Å². The van der Waals surface area contributed by atoms with E-state index in [1.165, 1.54) is 24.0 Å². The molecular weight excluding hydrogens is 299 g/mol. The molecule has 2 amide bonds. The first kappa shape index (κ1) is 17.4. The van der Waals surface area contributed by atoms with Gasteiger partial charge in [0.05, 0.1) is 6.10 Å². The molecule has 0 heterocycles. The van der Waals surface area contributed by atoms with Crippen LogP contribution in [0.25, 0.3) is 0 Å². The molecule has 5 nitrogen and oxygen atoms in total. The van der Waals surface area contributed by atoms with Gasteiger partial charge in [-0.15, -0.1) is 0 Å². The largest absolute Gasteiger partial charge is 0.391 e. The Morgan fingerprint density at radius 2 is 2.13 bits per heavy atom. The van der Waals surface area contributed by atoms with E-state index in [9.17, 15) is 19.1 Å². The minimum atomic E-state index is -0.994. The van der Waals surface area contributed by atoms with Gasteiger partial charge in [0.2, 0.25) is 11.8 Å². The Morgan fingerprint density at radius 3 is 2.65 bits per heavy atom. The molecule has 0 aromatic heterocycles. The molecule has 1 aromatic rings. The SMILES string of the molecule is CCN(Cc1cccc(F)c1)C(=O)C(NC(=O)C1CC1)C(C)O. The van der Waals surface area contributed by atoms with Crippen molar-refractivity contribution in [3.05, 3.63) is 35.6 Å². The second-order valence-corrected chi connectivity index (χ2v) is 5.98. The molecule has 1 aromatic carbocycles. The highest BCUT2D eigenvalue weighted by atomic mass is 19.1. The van der Waals surface area contributed by atoms with Gasteiger partial charge in [-0.3, -0.25) is 9.59 Å². The number of hydrogen-bond donors (Lipinski definition) is 2. The van der Waals surface area contributed by atoms with Crippen molar-refractivity contribution in [2.75, 3.05) is 6.54 Å². The van der Waals surface area contributed by atoms with Gasteiger partial charge in [0.15, 0.2) is 0 Å². The lowest BCUT2D eigenvalue weighted by molar-refractivity contribution is -0.140. The van der Waals surface area contributed by atoms with Crippen LogP contribution in [0.15, 0.2) is 24.3 Å². The molecule has 0 bridgehead atoms. The van der Waals surface area contributed by atoms with Gasteiger partial charge in [0.1, 0.15) is 11.9 Å². The minimum absolute atomic E-state index is 0.0395. The van der Waals surface area contributed by atoms with E-state index in [1.807, 2.05) is 0 Å². The summed E-state index contributed by atoms with van der Waals surface area (Å²) in [6, 6.07) is 5.06. The zero-order valence-corrected chi connectivity index (χ0v) is 13.5. The number of nitrogens with one attached hydrogen (secondary N) is 1. The van der Waals surface area contributed by atoms with Gasteiger partial charge in [-0.25, -0.2) is 4.39 Å². The van der Waals surface area contributed by atoms with Gasteiger partial charge in [-0.2, -0.15) is 0 Å². The van der Waals surface area contributed by atoms with Crippen LogP contribution >= 0.6 is 0 Å². The molecule has 1 aliphatic rings. The lowest BCUT2D eigenvalue weighted by atomic mass is 10.1. The molecule has 2 unspecified atom stereocenters. The molecule has 23 heavy (non-hydrogen) atoms. The molecule has 0 aliphatic heterocycles. The minimum Gasteiger partial charge on any atom is -0.391 e. The Morgan fingerprint density at radius 1 is 1.43 bits per heavy atom. The second-order valence-electron chi connectivity index (χ2n) is 5.98. The molecule has 1 aliphatic carbocycles. The number of aliphatic hydroxyl groups excluding tert-OH is 1. The van der Waals surface area contributed by atoms with Crippen LogP contribution in [0.1, 0.15) is 32.3 Å². The molecule has 2 rings (SSSR count). The Bertz CT molecular complexity index is 573. The summed E-state index contributed by atoms with van der Waals surface area (Å²) in [5, 5.41) is 12.5. The molecule has 1 fully saturated rings. The normalized spacial score (nSPS) is 16.5. The van der Waals surface area contributed by atoms with Gasteiger partial charge in [-0.05, 0) is 44.4 Å². The Hall–Kier alpha value is -1.95. The average Bonchev–Trinajstić information content (AvgIpc) is 3.34.